The highest BCUT2D eigenvalue weighted by Gasteiger charge is 2.46. The molecule has 3 aliphatic rings. The predicted molar refractivity (Wildman–Crippen MR) is 126 cm³/mol. The van der Waals surface area contributed by atoms with E-state index in [1.54, 1.807) is 23.1 Å². The summed E-state index contributed by atoms with van der Waals surface area (Å²) in [6.07, 6.45) is 2.72. The largest absolute Gasteiger partial charge is 0.379 e. The fourth-order valence-corrected chi connectivity index (χ4v) is 5.14. The van der Waals surface area contributed by atoms with E-state index in [0.29, 0.717) is 5.69 Å². The van der Waals surface area contributed by atoms with Crippen LogP contribution in [-0.4, -0.2) is 61.2 Å². The molecule has 5 rings (SSSR count). The van der Waals surface area contributed by atoms with Crippen molar-refractivity contribution >= 4 is 23.0 Å². The molecular weight excluding hydrogens is 434 g/mol. The number of amides is 1. The second-order valence-corrected chi connectivity index (χ2v) is 8.64. The fourth-order valence-electron chi connectivity index (χ4n) is 5.14. The van der Waals surface area contributed by atoms with Crippen molar-refractivity contribution in [1.82, 2.24) is 4.90 Å². The summed E-state index contributed by atoms with van der Waals surface area (Å²) in [7, 11) is 0. The van der Waals surface area contributed by atoms with Gasteiger partial charge in [0.05, 0.1) is 30.2 Å². The Balaban J connectivity index is 1.47. The maximum Gasteiger partial charge on any atom is 0.269 e. The molecule has 1 fully saturated rings. The zero-order chi connectivity index (χ0) is 23.7. The van der Waals surface area contributed by atoms with Gasteiger partial charge in [-0.05, 0) is 30.7 Å². The Labute approximate surface area is 197 Å². The van der Waals surface area contributed by atoms with Gasteiger partial charge in [0, 0.05) is 55.2 Å². The third-order valence-corrected chi connectivity index (χ3v) is 6.75. The maximum absolute atomic E-state index is 13.3. The van der Waals surface area contributed by atoms with Crippen LogP contribution in [-0.2, 0) is 9.53 Å². The van der Waals surface area contributed by atoms with E-state index in [-0.39, 0.29) is 29.3 Å². The van der Waals surface area contributed by atoms with Gasteiger partial charge in [-0.1, -0.05) is 18.2 Å². The summed E-state index contributed by atoms with van der Waals surface area (Å²) in [6.45, 7) is 5.13. The molecule has 2 unspecified atom stereocenters. The van der Waals surface area contributed by atoms with Crippen molar-refractivity contribution in [3.63, 3.8) is 0 Å². The van der Waals surface area contributed by atoms with E-state index in [0.717, 1.165) is 57.1 Å². The van der Waals surface area contributed by atoms with Gasteiger partial charge in [0.25, 0.3) is 11.6 Å². The number of nitro groups is 1. The van der Waals surface area contributed by atoms with Gasteiger partial charge in [0.1, 0.15) is 11.6 Å². The lowest BCUT2D eigenvalue weighted by Crippen LogP contribution is -2.48. The lowest BCUT2D eigenvalue weighted by Gasteiger charge is -2.38. The zero-order valence-corrected chi connectivity index (χ0v) is 18.7. The molecule has 2 aromatic rings. The first kappa shape index (κ1) is 22.1. The third-order valence-electron chi connectivity index (χ3n) is 6.75. The monoisotopic (exact) mass is 459 g/mol. The van der Waals surface area contributed by atoms with Crippen LogP contribution < -0.4 is 9.80 Å². The van der Waals surface area contributed by atoms with Crippen molar-refractivity contribution in [3.8, 4) is 6.07 Å². The van der Waals surface area contributed by atoms with Crippen LogP contribution in [0.5, 0.6) is 0 Å². The summed E-state index contributed by atoms with van der Waals surface area (Å²) in [5, 5.41) is 20.8. The van der Waals surface area contributed by atoms with Crippen LogP contribution >= 0.6 is 0 Å². The number of fused-ring (bicyclic) bond motifs is 3. The Morgan fingerprint density at radius 2 is 1.82 bits per heavy atom. The van der Waals surface area contributed by atoms with Gasteiger partial charge in [-0.15, -0.1) is 0 Å². The molecule has 3 heterocycles. The number of nitro benzene ring substituents is 1. The smallest absolute Gasteiger partial charge is 0.269 e. The van der Waals surface area contributed by atoms with Crippen LogP contribution in [0.15, 0.2) is 60.2 Å². The Hall–Kier alpha value is -3.74. The molecule has 3 aliphatic heterocycles. The lowest BCUT2D eigenvalue weighted by atomic mass is 9.93. The summed E-state index contributed by atoms with van der Waals surface area (Å²) in [5.74, 6) is -0.387. The van der Waals surface area contributed by atoms with Crippen LogP contribution in [0.2, 0.25) is 0 Å². The van der Waals surface area contributed by atoms with Crippen molar-refractivity contribution in [2.75, 3.05) is 49.2 Å². The standard InChI is InChI=1S/C25H25N5O4/c26-17-18-16-23-24(29(25(18)31)19-6-8-20(9-7-19)30(32)33)21-4-1-2-5-22(21)28(23)11-3-10-27-12-14-34-15-13-27/h1-2,4-9,16,23-24H,3,10-15H2. The van der Waals surface area contributed by atoms with Gasteiger partial charge in [-0.25, -0.2) is 0 Å². The number of carbonyl (C=O) groups is 1. The summed E-state index contributed by atoms with van der Waals surface area (Å²) in [4.78, 5) is 30.3. The highest BCUT2D eigenvalue weighted by molar-refractivity contribution is 6.10. The minimum atomic E-state index is -0.466. The Kier molecular flexibility index (Phi) is 6.01. The molecule has 0 radical (unpaired) electrons. The molecule has 34 heavy (non-hydrogen) atoms. The number of morpholine rings is 1. The predicted octanol–water partition coefficient (Wildman–Crippen LogP) is 3.04. The molecule has 1 amide bonds. The van der Waals surface area contributed by atoms with Crippen molar-refractivity contribution in [1.29, 1.82) is 5.26 Å². The van der Waals surface area contributed by atoms with Crippen molar-refractivity contribution < 1.29 is 14.5 Å². The van der Waals surface area contributed by atoms with E-state index in [2.05, 4.69) is 21.9 Å². The number of nitriles is 1. The van der Waals surface area contributed by atoms with Crippen LogP contribution in [0, 0.1) is 21.4 Å². The molecule has 0 aromatic heterocycles. The molecule has 2 aromatic carbocycles. The normalized spacial score (nSPS) is 22.1. The van der Waals surface area contributed by atoms with Crippen LogP contribution in [0.1, 0.15) is 18.0 Å². The first-order valence-electron chi connectivity index (χ1n) is 11.4. The minimum Gasteiger partial charge on any atom is -0.379 e. The number of nitrogens with zero attached hydrogens (tertiary/aromatic N) is 5. The van der Waals surface area contributed by atoms with Gasteiger partial charge in [0.2, 0.25) is 0 Å². The SMILES string of the molecule is N#CC1=CC2C(c3ccccc3N2CCCN2CCOCC2)N(c2ccc([N+](=O)[O-])cc2)C1=O. The molecule has 9 heteroatoms. The van der Waals surface area contributed by atoms with Gasteiger partial charge < -0.3 is 9.64 Å². The molecular formula is C25H25N5O4. The number of para-hydroxylation sites is 1. The van der Waals surface area contributed by atoms with Gasteiger partial charge in [-0.3, -0.25) is 24.7 Å². The molecule has 0 bridgehead atoms. The van der Waals surface area contributed by atoms with E-state index in [4.69, 9.17) is 4.74 Å². The average molecular weight is 460 g/mol. The summed E-state index contributed by atoms with van der Waals surface area (Å²) in [6, 6.07) is 15.5. The van der Waals surface area contributed by atoms with Crippen LogP contribution in [0.3, 0.4) is 0 Å². The summed E-state index contributed by atoms with van der Waals surface area (Å²) >= 11 is 0. The molecule has 0 N–H and O–H groups in total. The van der Waals surface area contributed by atoms with Crippen LogP contribution in [0.25, 0.3) is 0 Å². The van der Waals surface area contributed by atoms with Crippen molar-refractivity contribution in [3.05, 3.63) is 75.9 Å². The van der Waals surface area contributed by atoms with E-state index < -0.39 is 4.92 Å². The Bertz CT molecular complexity index is 1170. The molecule has 0 aliphatic carbocycles. The Morgan fingerprint density at radius 1 is 1.09 bits per heavy atom. The van der Waals surface area contributed by atoms with Crippen molar-refractivity contribution in [2.24, 2.45) is 0 Å². The number of anilines is 2. The number of hydrogen-bond donors (Lipinski definition) is 0. The minimum absolute atomic E-state index is 0.0441. The fraction of sp³-hybridized carbons (Fsp3) is 0.360. The lowest BCUT2D eigenvalue weighted by molar-refractivity contribution is -0.384. The molecule has 9 nitrogen and oxygen atoms in total. The number of hydrogen-bond acceptors (Lipinski definition) is 7. The number of non-ortho nitro benzene ring substituents is 1. The number of carbonyl (C=O) groups excluding carboxylic acids is 1. The van der Waals surface area contributed by atoms with E-state index in [1.807, 2.05) is 18.2 Å². The number of benzene rings is 2. The molecule has 0 saturated carbocycles. The van der Waals surface area contributed by atoms with E-state index in [9.17, 15) is 20.2 Å². The molecule has 174 valence electrons. The number of ether oxygens (including phenoxy) is 1. The second kappa shape index (κ2) is 9.25. The number of rotatable bonds is 6. The highest BCUT2D eigenvalue weighted by Crippen LogP contribution is 2.47. The summed E-state index contributed by atoms with van der Waals surface area (Å²) in [5.41, 5.74) is 2.65. The molecule has 1 saturated heterocycles. The second-order valence-electron chi connectivity index (χ2n) is 8.64. The third kappa shape index (κ3) is 3.91. The van der Waals surface area contributed by atoms with Crippen molar-refractivity contribution in [2.45, 2.75) is 18.5 Å². The quantitative estimate of drug-likeness (QED) is 0.483. The van der Waals surface area contributed by atoms with Gasteiger partial charge in [0.15, 0.2) is 0 Å². The Morgan fingerprint density at radius 3 is 2.53 bits per heavy atom. The summed E-state index contributed by atoms with van der Waals surface area (Å²) < 4.78 is 5.44. The average Bonchev–Trinajstić information content (AvgIpc) is 3.17. The van der Waals surface area contributed by atoms with Gasteiger partial charge >= 0.3 is 0 Å². The first-order valence-corrected chi connectivity index (χ1v) is 11.4. The van der Waals surface area contributed by atoms with E-state index in [1.165, 1.54) is 12.1 Å². The maximum atomic E-state index is 13.3. The topological polar surface area (TPSA) is 103 Å². The zero-order valence-electron chi connectivity index (χ0n) is 18.7. The highest BCUT2D eigenvalue weighted by atomic mass is 16.6. The van der Waals surface area contributed by atoms with E-state index >= 15 is 0 Å². The van der Waals surface area contributed by atoms with Gasteiger partial charge in [-0.2, -0.15) is 5.26 Å². The molecule has 0 spiro atoms. The first-order chi connectivity index (χ1) is 16.6. The molecule has 2 atom stereocenters. The van der Waals surface area contributed by atoms with Crippen LogP contribution in [0.4, 0.5) is 17.1 Å².